The standard InChI is InChI=1S/C21H23N3O2/c25-20(22-15-14-16-8-3-1-4-9-16)18-12-7-13-19(24-18)21(26)23-17-10-5-2-6-11-17/h2,5-8,10-13H,1,3-4,9,14-15H2,(H,22,25)(H,23,26). The Bertz CT molecular complexity index is 800. The van der Waals surface area contributed by atoms with Crippen LogP contribution in [0.15, 0.2) is 60.2 Å². The van der Waals surface area contributed by atoms with Crippen LogP contribution in [0.4, 0.5) is 5.69 Å². The van der Waals surface area contributed by atoms with Crippen LogP contribution < -0.4 is 10.6 Å². The summed E-state index contributed by atoms with van der Waals surface area (Å²) in [6, 6.07) is 14.1. The number of pyridine rings is 1. The molecule has 0 unspecified atom stereocenters. The monoisotopic (exact) mass is 349 g/mol. The molecule has 3 rings (SSSR count). The molecule has 0 saturated carbocycles. The fourth-order valence-corrected chi connectivity index (χ4v) is 2.96. The quantitative estimate of drug-likeness (QED) is 0.776. The number of hydrogen-bond donors (Lipinski definition) is 2. The molecule has 0 saturated heterocycles. The number of benzene rings is 1. The Hall–Kier alpha value is -2.95. The van der Waals surface area contributed by atoms with E-state index in [1.165, 1.54) is 18.4 Å². The molecule has 1 heterocycles. The summed E-state index contributed by atoms with van der Waals surface area (Å²) in [6.07, 6.45) is 7.92. The largest absolute Gasteiger partial charge is 0.350 e. The summed E-state index contributed by atoms with van der Waals surface area (Å²) in [7, 11) is 0. The van der Waals surface area contributed by atoms with Crippen LogP contribution in [0.25, 0.3) is 0 Å². The molecule has 0 aliphatic heterocycles. The third-order valence-corrected chi connectivity index (χ3v) is 4.36. The number of rotatable bonds is 6. The lowest BCUT2D eigenvalue weighted by molar-refractivity contribution is 0.0949. The minimum atomic E-state index is -0.335. The number of hydrogen-bond acceptors (Lipinski definition) is 3. The normalized spacial score (nSPS) is 13.6. The highest BCUT2D eigenvalue weighted by Gasteiger charge is 2.13. The van der Waals surface area contributed by atoms with Gasteiger partial charge in [-0.05, 0) is 56.4 Å². The third kappa shape index (κ3) is 5.02. The van der Waals surface area contributed by atoms with Gasteiger partial charge in [0.1, 0.15) is 11.4 Å². The van der Waals surface area contributed by atoms with E-state index in [9.17, 15) is 9.59 Å². The van der Waals surface area contributed by atoms with Crippen LogP contribution in [-0.4, -0.2) is 23.3 Å². The Morgan fingerprint density at radius 2 is 1.69 bits per heavy atom. The van der Waals surface area contributed by atoms with E-state index in [-0.39, 0.29) is 23.2 Å². The maximum atomic E-state index is 12.3. The Balaban J connectivity index is 1.56. The van der Waals surface area contributed by atoms with Crippen molar-refractivity contribution in [3.05, 3.63) is 71.6 Å². The molecule has 2 aromatic rings. The van der Waals surface area contributed by atoms with Crippen molar-refractivity contribution >= 4 is 17.5 Å². The van der Waals surface area contributed by atoms with Gasteiger partial charge in [0, 0.05) is 12.2 Å². The molecule has 5 heteroatoms. The molecule has 1 aliphatic rings. The zero-order valence-corrected chi connectivity index (χ0v) is 14.7. The van der Waals surface area contributed by atoms with Gasteiger partial charge < -0.3 is 10.6 Å². The van der Waals surface area contributed by atoms with Crippen LogP contribution in [0.1, 0.15) is 53.1 Å². The van der Waals surface area contributed by atoms with Gasteiger partial charge in [-0.15, -0.1) is 0 Å². The first-order chi connectivity index (χ1) is 12.7. The lowest BCUT2D eigenvalue weighted by atomic mass is 9.97. The van der Waals surface area contributed by atoms with Crippen LogP contribution in [0.3, 0.4) is 0 Å². The minimum absolute atomic E-state index is 0.219. The summed E-state index contributed by atoms with van der Waals surface area (Å²) in [5.41, 5.74) is 2.58. The van der Waals surface area contributed by atoms with Gasteiger partial charge in [-0.3, -0.25) is 9.59 Å². The first-order valence-electron chi connectivity index (χ1n) is 9.02. The van der Waals surface area contributed by atoms with E-state index in [4.69, 9.17) is 0 Å². The van der Waals surface area contributed by atoms with Gasteiger partial charge in [-0.2, -0.15) is 0 Å². The van der Waals surface area contributed by atoms with E-state index < -0.39 is 0 Å². The maximum absolute atomic E-state index is 12.3. The number of para-hydroxylation sites is 1. The predicted molar refractivity (Wildman–Crippen MR) is 102 cm³/mol. The van der Waals surface area contributed by atoms with Gasteiger partial charge in [0.25, 0.3) is 11.8 Å². The molecule has 0 fully saturated rings. The first-order valence-corrected chi connectivity index (χ1v) is 9.02. The zero-order chi connectivity index (χ0) is 18.2. The van der Waals surface area contributed by atoms with Crippen molar-refractivity contribution in [2.75, 3.05) is 11.9 Å². The lowest BCUT2D eigenvalue weighted by Crippen LogP contribution is -2.26. The van der Waals surface area contributed by atoms with Crippen molar-refractivity contribution in [2.24, 2.45) is 0 Å². The molecule has 2 amide bonds. The first kappa shape index (κ1) is 17.9. The number of carbonyl (C=O) groups is 2. The van der Waals surface area contributed by atoms with Gasteiger partial charge in [0.2, 0.25) is 0 Å². The SMILES string of the molecule is O=C(NCCC1=CCCCC1)c1cccc(C(=O)Nc2ccccc2)n1. The Morgan fingerprint density at radius 3 is 2.42 bits per heavy atom. The summed E-state index contributed by atoms with van der Waals surface area (Å²) in [6.45, 7) is 0.590. The van der Waals surface area contributed by atoms with Crippen LogP contribution in [-0.2, 0) is 0 Å². The number of aromatic nitrogens is 1. The predicted octanol–water partition coefficient (Wildman–Crippen LogP) is 3.95. The van der Waals surface area contributed by atoms with E-state index in [1.54, 1.807) is 30.3 Å². The number of amides is 2. The number of allylic oxidation sites excluding steroid dienone is 1. The summed E-state index contributed by atoms with van der Waals surface area (Å²) in [5.74, 6) is -0.589. The van der Waals surface area contributed by atoms with E-state index in [0.717, 1.165) is 19.3 Å². The molecule has 2 N–H and O–H groups in total. The highest BCUT2D eigenvalue weighted by molar-refractivity contribution is 6.03. The molecule has 26 heavy (non-hydrogen) atoms. The smallest absolute Gasteiger partial charge is 0.274 e. The molecule has 0 bridgehead atoms. The lowest BCUT2D eigenvalue weighted by Gasteiger charge is -2.13. The summed E-state index contributed by atoms with van der Waals surface area (Å²) in [4.78, 5) is 28.8. The number of carbonyl (C=O) groups excluding carboxylic acids is 2. The van der Waals surface area contributed by atoms with Crippen molar-refractivity contribution in [3.8, 4) is 0 Å². The molecule has 0 radical (unpaired) electrons. The fraction of sp³-hybridized carbons (Fsp3) is 0.286. The molecule has 0 spiro atoms. The minimum Gasteiger partial charge on any atom is -0.350 e. The van der Waals surface area contributed by atoms with Crippen LogP contribution in [0.5, 0.6) is 0 Å². The third-order valence-electron chi connectivity index (χ3n) is 4.36. The van der Waals surface area contributed by atoms with Gasteiger partial charge in [-0.25, -0.2) is 4.98 Å². The topological polar surface area (TPSA) is 71.1 Å². The Labute approximate surface area is 153 Å². The second-order valence-corrected chi connectivity index (χ2v) is 6.34. The Kier molecular flexibility index (Phi) is 6.14. The molecule has 1 aliphatic carbocycles. The van der Waals surface area contributed by atoms with Gasteiger partial charge in [0.15, 0.2) is 0 Å². The second-order valence-electron chi connectivity index (χ2n) is 6.34. The zero-order valence-electron chi connectivity index (χ0n) is 14.7. The van der Waals surface area contributed by atoms with E-state index in [0.29, 0.717) is 12.2 Å². The average molecular weight is 349 g/mol. The molecule has 0 atom stereocenters. The molecule has 134 valence electrons. The van der Waals surface area contributed by atoms with Gasteiger partial charge in [0.05, 0.1) is 0 Å². The van der Waals surface area contributed by atoms with E-state index in [2.05, 4.69) is 21.7 Å². The highest BCUT2D eigenvalue weighted by atomic mass is 16.2. The van der Waals surface area contributed by atoms with Gasteiger partial charge >= 0.3 is 0 Å². The molecule has 1 aromatic carbocycles. The number of nitrogens with one attached hydrogen (secondary N) is 2. The summed E-state index contributed by atoms with van der Waals surface area (Å²) < 4.78 is 0. The van der Waals surface area contributed by atoms with E-state index >= 15 is 0 Å². The van der Waals surface area contributed by atoms with Crippen molar-refractivity contribution < 1.29 is 9.59 Å². The fourth-order valence-electron chi connectivity index (χ4n) is 2.96. The molecular weight excluding hydrogens is 326 g/mol. The van der Waals surface area contributed by atoms with Crippen LogP contribution in [0, 0.1) is 0 Å². The van der Waals surface area contributed by atoms with Gasteiger partial charge in [-0.1, -0.05) is 35.9 Å². The number of anilines is 1. The molecule has 5 nitrogen and oxygen atoms in total. The molecule has 1 aromatic heterocycles. The number of nitrogens with zero attached hydrogens (tertiary/aromatic N) is 1. The van der Waals surface area contributed by atoms with Crippen LogP contribution in [0.2, 0.25) is 0 Å². The van der Waals surface area contributed by atoms with Crippen molar-refractivity contribution in [1.82, 2.24) is 10.3 Å². The highest BCUT2D eigenvalue weighted by Crippen LogP contribution is 2.19. The second kappa shape index (κ2) is 8.94. The van der Waals surface area contributed by atoms with Crippen molar-refractivity contribution in [3.63, 3.8) is 0 Å². The van der Waals surface area contributed by atoms with E-state index in [1.807, 2.05) is 18.2 Å². The van der Waals surface area contributed by atoms with Crippen LogP contribution >= 0.6 is 0 Å². The molecular formula is C21H23N3O2. The summed E-state index contributed by atoms with van der Waals surface area (Å²) in [5, 5.41) is 5.66. The Morgan fingerprint density at radius 1 is 0.923 bits per heavy atom. The average Bonchev–Trinajstić information content (AvgIpc) is 2.69. The van der Waals surface area contributed by atoms with Crippen molar-refractivity contribution in [1.29, 1.82) is 0 Å². The maximum Gasteiger partial charge on any atom is 0.274 e. The summed E-state index contributed by atoms with van der Waals surface area (Å²) >= 11 is 0. The van der Waals surface area contributed by atoms with Crippen molar-refractivity contribution in [2.45, 2.75) is 32.1 Å².